The van der Waals surface area contributed by atoms with E-state index in [1.807, 2.05) is 13.2 Å². The number of hydrogen-bond acceptors (Lipinski definition) is 3. The Morgan fingerprint density at radius 2 is 2.50 bits per heavy atom. The van der Waals surface area contributed by atoms with Crippen molar-refractivity contribution in [3.05, 3.63) is 12.4 Å². The molecule has 1 heterocycles. The fraction of sp³-hybridized carbons (Fsp3) is 0.625. The van der Waals surface area contributed by atoms with Crippen molar-refractivity contribution in [2.24, 2.45) is 7.05 Å². The molecule has 4 heteroatoms. The molecule has 0 saturated carbocycles. The molecular weight excluding hydrogens is 154 g/mol. The van der Waals surface area contributed by atoms with E-state index in [9.17, 15) is 0 Å². The zero-order valence-corrected chi connectivity index (χ0v) is 7.74. The molecule has 1 unspecified atom stereocenters. The SMILES string of the molecule is COCC(C)Nc1cnn(C)c1. The highest BCUT2D eigenvalue weighted by atomic mass is 16.5. The molecule has 1 N–H and O–H groups in total. The molecule has 0 bridgehead atoms. The van der Waals surface area contributed by atoms with Crippen LogP contribution in [0.2, 0.25) is 0 Å². The summed E-state index contributed by atoms with van der Waals surface area (Å²) in [5, 5.41) is 7.30. The van der Waals surface area contributed by atoms with Crippen LogP contribution in [0.25, 0.3) is 0 Å². The Kier molecular flexibility index (Phi) is 3.10. The summed E-state index contributed by atoms with van der Waals surface area (Å²) in [6.07, 6.45) is 3.73. The minimum absolute atomic E-state index is 0.319. The van der Waals surface area contributed by atoms with E-state index in [-0.39, 0.29) is 0 Å². The van der Waals surface area contributed by atoms with Gasteiger partial charge in [-0.3, -0.25) is 4.68 Å². The molecule has 0 aliphatic carbocycles. The van der Waals surface area contributed by atoms with Crippen LogP contribution in [0.4, 0.5) is 5.69 Å². The summed E-state index contributed by atoms with van der Waals surface area (Å²) < 4.78 is 6.76. The van der Waals surface area contributed by atoms with Gasteiger partial charge in [-0.2, -0.15) is 5.10 Å². The number of methoxy groups -OCH3 is 1. The van der Waals surface area contributed by atoms with E-state index in [2.05, 4.69) is 17.3 Å². The van der Waals surface area contributed by atoms with Gasteiger partial charge >= 0.3 is 0 Å². The monoisotopic (exact) mass is 169 g/mol. The Morgan fingerprint density at radius 1 is 1.75 bits per heavy atom. The highest BCUT2D eigenvalue weighted by Gasteiger charge is 2.01. The van der Waals surface area contributed by atoms with Crippen LogP contribution in [0.15, 0.2) is 12.4 Å². The fourth-order valence-electron chi connectivity index (χ4n) is 1.07. The van der Waals surface area contributed by atoms with Gasteiger partial charge in [0.1, 0.15) is 0 Å². The van der Waals surface area contributed by atoms with E-state index >= 15 is 0 Å². The van der Waals surface area contributed by atoms with Gasteiger partial charge in [0.25, 0.3) is 0 Å². The number of anilines is 1. The first-order valence-corrected chi connectivity index (χ1v) is 3.96. The maximum atomic E-state index is 4.99. The maximum Gasteiger partial charge on any atom is 0.0729 e. The molecule has 0 amide bonds. The summed E-state index contributed by atoms with van der Waals surface area (Å²) in [5.41, 5.74) is 1.03. The lowest BCUT2D eigenvalue weighted by Gasteiger charge is -2.11. The maximum absolute atomic E-state index is 4.99. The molecule has 0 spiro atoms. The minimum atomic E-state index is 0.319. The molecule has 0 aliphatic rings. The molecule has 0 fully saturated rings. The predicted octanol–water partition coefficient (Wildman–Crippen LogP) is 0.867. The third-order valence-electron chi connectivity index (χ3n) is 1.53. The third-order valence-corrected chi connectivity index (χ3v) is 1.53. The first kappa shape index (κ1) is 9.06. The third kappa shape index (κ3) is 2.54. The lowest BCUT2D eigenvalue weighted by Crippen LogP contribution is -2.20. The normalized spacial score (nSPS) is 12.9. The van der Waals surface area contributed by atoms with Crippen molar-refractivity contribution in [3.63, 3.8) is 0 Å². The number of aryl methyl sites for hydroxylation is 1. The zero-order chi connectivity index (χ0) is 8.97. The van der Waals surface area contributed by atoms with Gasteiger partial charge in [-0.25, -0.2) is 0 Å². The van der Waals surface area contributed by atoms with E-state index in [1.165, 1.54) is 0 Å². The second-order valence-corrected chi connectivity index (χ2v) is 2.90. The van der Waals surface area contributed by atoms with Gasteiger partial charge in [-0.1, -0.05) is 0 Å². The van der Waals surface area contributed by atoms with Crippen LogP contribution in [-0.4, -0.2) is 29.5 Å². The quantitative estimate of drug-likeness (QED) is 0.726. The second-order valence-electron chi connectivity index (χ2n) is 2.90. The molecule has 0 saturated heterocycles. The number of nitrogens with one attached hydrogen (secondary N) is 1. The van der Waals surface area contributed by atoms with Crippen molar-refractivity contribution < 1.29 is 4.74 Å². The Hall–Kier alpha value is -1.03. The largest absolute Gasteiger partial charge is 0.383 e. The molecule has 1 aromatic rings. The van der Waals surface area contributed by atoms with E-state index < -0.39 is 0 Å². The van der Waals surface area contributed by atoms with Gasteiger partial charge < -0.3 is 10.1 Å². The van der Waals surface area contributed by atoms with Crippen LogP contribution in [0.3, 0.4) is 0 Å². The highest BCUT2D eigenvalue weighted by molar-refractivity contribution is 5.38. The number of ether oxygens (including phenoxy) is 1. The Balaban J connectivity index is 2.41. The number of aromatic nitrogens is 2. The van der Waals surface area contributed by atoms with E-state index in [4.69, 9.17) is 4.74 Å². The van der Waals surface area contributed by atoms with Gasteiger partial charge in [0.15, 0.2) is 0 Å². The van der Waals surface area contributed by atoms with Crippen molar-refractivity contribution in [1.82, 2.24) is 9.78 Å². The topological polar surface area (TPSA) is 39.1 Å². The minimum Gasteiger partial charge on any atom is -0.383 e. The van der Waals surface area contributed by atoms with Gasteiger partial charge in [0, 0.05) is 26.4 Å². The summed E-state index contributed by atoms with van der Waals surface area (Å²) in [6, 6.07) is 0.319. The summed E-state index contributed by atoms with van der Waals surface area (Å²) in [5.74, 6) is 0. The summed E-state index contributed by atoms with van der Waals surface area (Å²) in [7, 11) is 3.59. The molecule has 1 aromatic heterocycles. The van der Waals surface area contributed by atoms with E-state index in [0.717, 1.165) is 5.69 Å². The average molecular weight is 169 g/mol. The average Bonchev–Trinajstić information content (AvgIpc) is 2.36. The smallest absolute Gasteiger partial charge is 0.0729 e. The van der Waals surface area contributed by atoms with Crippen molar-refractivity contribution in [1.29, 1.82) is 0 Å². The number of nitrogens with zero attached hydrogens (tertiary/aromatic N) is 2. The predicted molar refractivity (Wildman–Crippen MR) is 48.2 cm³/mol. The molecule has 0 aromatic carbocycles. The Bertz CT molecular complexity index is 234. The van der Waals surface area contributed by atoms with Crippen LogP contribution in [-0.2, 0) is 11.8 Å². The lowest BCUT2D eigenvalue weighted by molar-refractivity contribution is 0.190. The first-order valence-electron chi connectivity index (χ1n) is 3.96. The summed E-state index contributed by atoms with van der Waals surface area (Å²) >= 11 is 0. The molecule has 0 aliphatic heterocycles. The molecule has 12 heavy (non-hydrogen) atoms. The van der Waals surface area contributed by atoms with Crippen LogP contribution in [0.1, 0.15) is 6.92 Å². The molecule has 1 rings (SSSR count). The fourth-order valence-corrected chi connectivity index (χ4v) is 1.07. The zero-order valence-electron chi connectivity index (χ0n) is 7.74. The standard InChI is InChI=1S/C8H15N3O/c1-7(6-12-3)10-8-4-9-11(2)5-8/h4-5,7,10H,6H2,1-3H3. The summed E-state index contributed by atoms with van der Waals surface area (Å²) in [6.45, 7) is 2.77. The van der Waals surface area contributed by atoms with Crippen molar-refractivity contribution in [2.75, 3.05) is 19.0 Å². The van der Waals surface area contributed by atoms with Crippen molar-refractivity contribution >= 4 is 5.69 Å². The molecule has 4 nitrogen and oxygen atoms in total. The van der Waals surface area contributed by atoms with Crippen molar-refractivity contribution in [3.8, 4) is 0 Å². The van der Waals surface area contributed by atoms with Crippen LogP contribution in [0.5, 0.6) is 0 Å². The van der Waals surface area contributed by atoms with Gasteiger partial charge in [0.2, 0.25) is 0 Å². The lowest BCUT2D eigenvalue weighted by atomic mass is 10.3. The second kappa shape index (κ2) is 4.11. The summed E-state index contributed by atoms with van der Waals surface area (Å²) in [4.78, 5) is 0. The molecular formula is C8H15N3O. The Labute approximate surface area is 72.5 Å². The molecule has 1 atom stereocenters. The highest BCUT2D eigenvalue weighted by Crippen LogP contribution is 2.05. The van der Waals surface area contributed by atoms with Crippen molar-refractivity contribution in [2.45, 2.75) is 13.0 Å². The number of hydrogen-bond donors (Lipinski definition) is 1. The first-order chi connectivity index (χ1) is 5.72. The van der Waals surface area contributed by atoms with Gasteiger partial charge in [-0.05, 0) is 6.92 Å². The van der Waals surface area contributed by atoms with Crippen LogP contribution in [0, 0.1) is 0 Å². The molecule has 68 valence electrons. The van der Waals surface area contributed by atoms with Crippen LogP contribution >= 0.6 is 0 Å². The Morgan fingerprint density at radius 3 is 3.00 bits per heavy atom. The van der Waals surface area contributed by atoms with Gasteiger partial charge in [-0.15, -0.1) is 0 Å². The number of rotatable bonds is 4. The van der Waals surface area contributed by atoms with Gasteiger partial charge in [0.05, 0.1) is 18.5 Å². The molecule has 0 radical (unpaired) electrons. The van der Waals surface area contributed by atoms with Crippen LogP contribution < -0.4 is 5.32 Å². The van der Waals surface area contributed by atoms with E-state index in [0.29, 0.717) is 12.6 Å². The van der Waals surface area contributed by atoms with E-state index in [1.54, 1.807) is 18.0 Å².